The minimum absolute atomic E-state index is 0.578. The molecule has 1 saturated heterocycles. The van der Waals surface area contributed by atoms with Crippen LogP contribution in [0.25, 0.3) is 0 Å². The third-order valence-electron chi connectivity index (χ3n) is 4.61. The van der Waals surface area contributed by atoms with Gasteiger partial charge in [0.25, 0.3) is 0 Å². The monoisotopic (exact) mass is 315 g/mol. The average molecular weight is 315 g/mol. The minimum atomic E-state index is 0.578. The lowest BCUT2D eigenvalue weighted by molar-refractivity contribution is 0.109. The van der Waals surface area contributed by atoms with E-state index >= 15 is 0 Å². The van der Waals surface area contributed by atoms with E-state index in [0.29, 0.717) is 12.0 Å². The predicted octanol–water partition coefficient (Wildman–Crippen LogP) is 2.78. The van der Waals surface area contributed by atoms with Crippen molar-refractivity contribution in [1.29, 1.82) is 5.26 Å². The number of hydrogen-bond acceptors (Lipinski definition) is 4. The summed E-state index contributed by atoms with van der Waals surface area (Å²) < 4.78 is 5.42. The van der Waals surface area contributed by atoms with Crippen LogP contribution in [0.3, 0.4) is 0 Å². The van der Waals surface area contributed by atoms with Gasteiger partial charge in [-0.3, -0.25) is 0 Å². The summed E-state index contributed by atoms with van der Waals surface area (Å²) in [6.07, 6.45) is 2.33. The highest BCUT2D eigenvalue weighted by molar-refractivity contribution is 5.31. The van der Waals surface area contributed by atoms with E-state index in [2.05, 4.69) is 23.2 Å². The highest BCUT2D eigenvalue weighted by atomic mass is 16.5. The standard InChI is InChI=1S/C19H29N3O/c1-3-23-12-4-10-22-11-9-19(16(2)15-22)21-14-18-7-5-17(13-20)6-8-18/h5-8,16,19,21H,3-4,9-12,14-15H2,1-2H3. The van der Waals surface area contributed by atoms with Crippen molar-refractivity contribution in [3.8, 4) is 6.07 Å². The van der Waals surface area contributed by atoms with Crippen LogP contribution in [0.15, 0.2) is 24.3 Å². The molecule has 1 aromatic carbocycles. The normalized spacial score (nSPS) is 22.0. The molecule has 0 radical (unpaired) electrons. The molecule has 2 rings (SSSR count). The molecule has 0 aromatic heterocycles. The van der Waals surface area contributed by atoms with Gasteiger partial charge in [-0.15, -0.1) is 0 Å². The zero-order valence-electron chi connectivity index (χ0n) is 14.4. The molecular weight excluding hydrogens is 286 g/mol. The Balaban J connectivity index is 1.70. The first-order valence-electron chi connectivity index (χ1n) is 8.75. The van der Waals surface area contributed by atoms with Crippen molar-refractivity contribution in [2.45, 2.75) is 39.3 Å². The first kappa shape index (κ1) is 17.9. The van der Waals surface area contributed by atoms with Crippen molar-refractivity contribution < 1.29 is 4.74 Å². The zero-order chi connectivity index (χ0) is 16.5. The summed E-state index contributed by atoms with van der Waals surface area (Å²) in [5.41, 5.74) is 1.97. The summed E-state index contributed by atoms with van der Waals surface area (Å²) in [7, 11) is 0. The van der Waals surface area contributed by atoms with Crippen LogP contribution in [0, 0.1) is 17.2 Å². The van der Waals surface area contributed by atoms with Crippen LogP contribution in [-0.2, 0) is 11.3 Å². The molecule has 1 heterocycles. The van der Waals surface area contributed by atoms with Gasteiger partial charge >= 0.3 is 0 Å². The Labute approximate surface area is 140 Å². The number of nitriles is 1. The summed E-state index contributed by atoms with van der Waals surface area (Å²) in [5, 5.41) is 12.5. The van der Waals surface area contributed by atoms with E-state index in [1.165, 1.54) is 18.5 Å². The molecule has 0 saturated carbocycles. The predicted molar refractivity (Wildman–Crippen MR) is 93.1 cm³/mol. The van der Waals surface area contributed by atoms with Crippen LogP contribution in [0.1, 0.15) is 37.8 Å². The molecule has 4 nitrogen and oxygen atoms in total. The minimum Gasteiger partial charge on any atom is -0.382 e. The molecule has 1 N–H and O–H groups in total. The second-order valence-corrected chi connectivity index (χ2v) is 6.41. The molecule has 1 aliphatic heterocycles. The van der Waals surface area contributed by atoms with E-state index in [1.54, 1.807) is 0 Å². The van der Waals surface area contributed by atoms with Crippen LogP contribution >= 0.6 is 0 Å². The van der Waals surface area contributed by atoms with Crippen LogP contribution < -0.4 is 5.32 Å². The molecular formula is C19H29N3O. The first-order chi connectivity index (χ1) is 11.2. The molecule has 4 heteroatoms. The maximum absolute atomic E-state index is 8.84. The van der Waals surface area contributed by atoms with Gasteiger partial charge in [0.15, 0.2) is 0 Å². The van der Waals surface area contributed by atoms with Gasteiger partial charge in [-0.05, 0) is 49.9 Å². The van der Waals surface area contributed by atoms with Crippen molar-refractivity contribution in [3.63, 3.8) is 0 Å². The van der Waals surface area contributed by atoms with Gasteiger partial charge in [0, 0.05) is 38.9 Å². The lowest BCUT2D eigenvalue weighted by Crippen LogP contribution is -2.48. The Bertz CT molecular complexity index is 494. The Morgan fingerprint density at radius 2 is 2.13 bits per heavy atom. The maximum atomic E-state index is 8.84. The topological polar surface area (TPSA) is 48.3 Å². The second-order valence-electron chi connectivity index (χ2n) is 6.41. The Morgan fingerprint density at radius 1 is 1.35 bits per heavy atom. The Morgan fingerprint density at radius 3 is 2.78 bits per heavy atom. The third kappa shape index (κ3) is 5.95. The molecule has 0 bridgehead atoms. The third-order valence-corrected chi connectivity index (χ3v) is 4.61. The van der Waals surface area contributed by atoms with Crippen molar-refractivity contribution >= 4 is 0 Å². The van der Waals surface area contributed by atoms with Crippen LogP contribution in [0.4, 0.5) is 0 Å². The van der Waals surface area contributed by atoms with Gasteiger partial charge in [-0.1, -0.05) is 19.1 Å². The lowest BCUT2D eigenvalue weighted by atomic mass is 9.93. The number of hydrogen-bond donors (Lipinski definition) is 1. The van der Waals surface area contributed by atoms with Gasteiger partial charge in [0.1, 0.15) is 0 Å². The molecule has 2 atom stereocenters. The fourth-order valence-corrected chi connectivity index (χ4v) is 3.22. The van der Waals surface area contributed by atoms with E-state index in [-0.39, 0.29) is 0 Å². The van der Waals surface area contributed by atoms with E-state index in [1.807, 2.05) is 31.2 Å². The average Bonchev–Trinajstić information content (AvgIpc) is 2.58. The molecule has 0 amide bonds. The fourth-order valence-electron chi connectivity index (χ4n) is 3.22. The Kier molecular flexibility index (Phi) is 7.54. The SMILES string of the molecule is CCOCCCN1CCC(NCc2ccc(C#N)cc2)C(C)C1. The van der Waals surface area contributed by atoms with E-state index in [0.717, 1.165) is 44.8 Å². The van der Waals surface area contributed by atoms with Gasteiger partial charge in [-0.2, -0.15) is 5.26 Å². The fraction of sp³-hybridized carbons (Fsp3) is 0.632. The summed E-state index contributed by atoms with van der Waals surface area (Å²) in [6.45, 7) is 10.4. The van der Waals surface area contributed by atoms with Gasteiger partial charge in [-0.25, -0.2) is 0 Å². The van der Waals surface area contributed by atoms with E-state index < -0.39 is 0 Å². The molecule has 1 aromatic rings. The van der Waals surface area contributed by atoms with Gasteiger partial charge in [0.05, 0.1) is 11.6 Å². The number of nitrogens with one attached hydrogen (secondary N) is 1. The maximum Gasteiger partial charge on any atom is 0.0991 e. The summed E-state index contributed by atoms with van der Waals surface area (Å²) in [4.78, 5) is 2.56. The van der Waals surface area contributed by atoms with Gasteiger partial charge < -0.3 is 15.0 Å². The number of ether oxygens (including phenoxy) is 1. The number of benzene rings is 1. The molecule has 1 fully saturated rings. The van der Waals surface area contributed by atoms with Crippen LogP contribution in [0.2, 0.25) is 0 Å². The molecule has 23 heavy (non-hydrogen) atoms. The molecule has 1 aliphatic rings. The van der Waals surface area contributed by atoms with Crippen molar-refractivity contribution in [2.24, 2.45) is 5.92 Å². The van der Waals surface area contributed by atoms with Crippen LogP contribution in [0.5, 0.6) is 0 Å². The molecule has 0 aliphatic carbocycles. The lowest BCUT2D eigenvalue weighted by Gasteiger charge is -2.37. The largest absolute Gasteiger partial charge is 0.382 e. The quantitative estimate of drug-likeness (QED) is 0.750. The van der Waals surface area contributed by atoms with Crippen molar-refractivity contribution in [1.82, 2.24) is 10.2 Å². The molecule has 2 unspecified atom stereocenters. The first-order valence-corrected chi connectivity index (χ1v) is 8.75. The zero-order valence-corrected chi connectivity index (χ0v) is 14.4. The highest BCUT2D eigenvalue weighted by Gasteiger charge is 2.25. The number of nitrogens with zero attached hydrogens (tertiary/aromatic N) is 2. The summed E-state index contributed by atoms with van der Waals surface area (Å²) in [5.74, 6) is 0.661. The highest BCUT2D eigenvalue weighted by Crippen LogP contribution is 2.17. The number of rotatable bonds is 8. The van der Waals surface area contributed by atoms with Crippen molar-refractivity contribution in [3.05, 3.63) is 35.4 Å². The second kappa shape index (κ2) is 9.67. The van der Waals surface area contributed by atoms with Gasteiger partial charge in [0.2, 0.25) is 0 Å². The number of likely N-dealkylation sites (tertiary alicyclic amines) is 1. The molecule has 0 spiro atoms. The van der Waals surface area contributed by atoms with Crippen LogP contribution in [-0.4, -0.2) is 43.8 Å². The number of piperidine rings is 1. The summed E-state index contributed by atoms with van der Waals surface area (Å²) in [6, 6.07) is 10.6. The smallest absolute Gasteiger partial charge is 0.0991 e. The summed E-state index contributed by atoms with van der Waals surface area (Å²) >= 11 is 0. The van der Waals surface area contributed by atoms with E-state index in [9.17, 15) is 0 Å². The van der Waals surface area contributed by atoms with E-state index in [4.69, 9.17) is 10.00 Å². The Hall–Kier alpha value is -1.41. The molecule has 126 valence electrons. The van der Waals surface area contributed by atoms with Crippen molar-refractivity contribution in [2.75, 3.05) is 32.8 Å².